The summed E-state index contributed by atoms with van der Waals surface area (Å²) in [5, 5.41) is 2.60. The molecule has 216 valence electrons. The molecule has 2 aromatic carbocycles. The predicted octanol–water partition coefficient (Wildman–Crippen LogP) is 6.03. The Bertz CT molecular complexity index is 1640. The van der Waals surface area contributed by atoms with Gasteiger partial charge >= 0.3 is 6.18 Å². The molecule has 1 fully saturated rings. The number of alkyl halides is 5. The second-order valence-corrected chi connectivity index (χ2v) is 9.69. The number of pyridine rings is 1. The van der Waals surface area contributed by atoms with Gasteiger partial charge in [-0.3, -0.25) is 9.59 Å². The molecule has 42 heavy (non-hydrogen) atoms. The van der Waals surface area contributed by atoms with Crippen LogP contribution in [-0.2, 0) is 17.5 Å². The number of furan rings is 1. The van der Waals surface area contributed by atoms with E-state index in [1.54, 1.807) is 12.1 Å². The van der Waals surface area contributed by atoms with E-state index in [0.29, 0.717) is 16.9 Å². The highest BCUT2D eigenvalue weighted by Gasteiger charge is 2.46. The van der Waals surface area contributed by atoms with Gasteiger partial charge in [0.05, 0.1) is 25.2 Å². The van der Waals surface area contributed by atoms with Gasteiger partial charge in [-0.1, -0.05) is 24.3 Å². The molecule has 0 unspecified atom stereocenters. The van der Waals surface area contributed by atoms with Gasteiger partial charge in [-0.05, 0) is 65.2 Å². The average Bonchev–Trinajstić information content (AvgIpc) is 3.42. The quantitative estimate of drug-likeness (QED) is 0.205. The summed E-state index contributed by atoms with van der Waals surface area (Å²) in [6, 6.07) is 15.6. The molecule has 7 nitrogen and oxygen atoms in total. The molecule has 3 N–H and O–H groups in total. The minimum absolute atomic E-state index is 0.0334. The number of nitrogens with two attached hydrogens (primary N) is 1. The number of nitrogen functional groups attached to an aromatic ring is 1. The summed E-state index contributed by atoms with van der Waals surface area (Å²) in [4.78, 5) is 29.4. The standard InChI is InChI=1S/C30H23F5N4O3/c31-29(32)16-39(17-29)28(41)20-5-3-19(4-6-20)21-7-9-23(24(13-21)30(33,34)35)25-10-8-22(42-25)15-38-27(40)12-2-18-1-11-26(36)37-14-18/h1-14H,15-17H2,(H2,36,37)(H,38,40)/b12-2+. The molecule has 0 spiro atoms. The third-order valence-electron chi connectivity index (χ3n) is 6.52. The number of amides is 2. The number of hydrogen-bond acceptors (Lipinski definition) is 5. The van der Waals surface area contributed by atoms with E-state index >= 15 is 0 Å². The lowest BCUT2D eigenvalue weighted by atomic mass is 9.96. The number of anilines is 1. The molecule has 4 aromatic rings. The molecular weight excluding hydrogens is 559 g/mol. The summed E-state index contributed by atoms with van der Waals surface area (Å²) >= 11 is 0. The van der Waals surface area contributed by atoms with Crippen LogP contribution in [0.3, 0.4) is 0 Å². The lowest BCUT2D eigenvalue weighted by Gasteiger charge is -2.38. The average molecular weight is 583 g/mol. The summed E-state index contributed by atoms with van der Waals surface area (Å²) in [5.74, 6) is -3.36. The summed E-state index contributed by atoms with van der Waals surface area (Å²) in [6.45, 7) is -1.38. The van der Waals surface area contributed by atoms with Crippen LogP contribution in [0.5, 0.6) is 0 Å². The van der Waals surface area contributed by atoms with E-state index in [0.717, 1.165) is 11.0 Å². The summed E-state index contributed by atoms with van der Waals surface area (Å²) < 4.78 is 74.0. The van der Waals surface area contributed by atoms with Gasteiger partial charge in [0.25, 0.3) is 11.8 Å². The molecule has 2 amide bonds. The molecule has 0 atom stereocenters. The number of rotatable bonds is 7. The number of likely N-dealkylation sites (tertiary alicyclic amines) is 1. The van der Waals surface area contributed by atoms with Gasteiger partial charge in [0, 0.05) is 23.4 Å². The second-order valence-electron chi connectivity index (χ2n) is 9.69. The molecule has 0 bridgehead atoms. The van der Waals surface area contributed by atoms with E-state index in [-0.39, 0.29) is 34.8 Å². The number of carbonyl (C=O) groups excluding carboxylic acids is 2. The first kappa shape index (κ1) is 28.5. The maximum atomic E-state index is 14.1. The Kier molecular flexibility index (Phi) is 7.55. The van der Waals surface area contributed by atoms with E-state index in [2.05, 4.69) is 10.3 Å². The number of nitrogens with zero attached hydrogens (tertiary/aromatic N) is 2. The minimum atomic E-state index is -4.72. The Labute approximate surface area is 236 Å². The van der Waals surface area contributed by atoms with Crippen molar-refractivity contribution in [2.45, 2.75) is 18.6 Å². The van der Waals surface area contributed by atoms with Crippen molar-refractivity contribution in [3.8, 4) is 22.5 Å². The fourth-order valence-electron chi connectivity index (χ4n) is 4.35. The molecular formula is C30H23F5N4O3. The van der Waals surface area contributed by atoms with Crippen LogP contribution in [0.4, 0.5) is 27.8 Å². The van der Waals surface area contributed by atoms with Gasteiger partial charge in [0.1, 0.15) is 17.3 Å². The monoisotopic (exact) mass is 582 g/mol. The Morgan fingerprint density at radius 3 is 2.36 bits per heavy atom. The highest BCUT2D eigenvalue weighted by atomic mass is 19.4. The van der Waals surface area contributed by atoms with Crippen LogP contribution < -0.4 is 11.1 Å². The highest BCUT2D eigenvalue weighted by Crippen LogP contribution is 2.40. The number of nitrogens with one attached hydrogen (secondary N) is 1. The van der Waals surface area contributed by atoms with Gasteiger partial charge in [-0.15, -0.1) is 0 Å². The molecule has 1 aliphatic heterocycles. The molecule has 3 heterocycles. The lowest BCUT2D eigenvalue weighted by Crippen LogP contribution is -2.58. The number of halogens is 5. The fraction of sp³-hybridized carbons (Fsp3) is 0.167. The Morgan fingerprint density at radius 1 is 1.00 bits per heavy atom. The van der Waals surface area contributed by atoms with Gasteiger partial charge in [-0.2, -0.15) is 13.2 Å². The van der Waals surface area contributed by atoms with Crippen molar-refractivity contribution >= 4 is 23.7 Å². The molecule has 12 heteroatoms. The van der Waals surface area contributed by atoms with Crippen molar-refractivity contribution in [2.24, 2.45) is 0 Å². The normalized spacial score (nSPS) is 14.5. The van der Waals surface area contributed by atoms with Crippen molar-refractivity contribution in [1.82, 2.24) is 15.2 Å². The number of aromatic nitrogens is 1. The van der Waals surface area contributed by atoms with Crippen LogP contribution in [0.25, 0.3) is 28.5 Å². The molecule has 5 rings (SSSR count). The summed E-state index contributed by atoms with van der Waals surface area (Å²) in [7, 11) is 0. The third kappa shape index (κ3) is 6.48. The van der Waals surface area contributed by atoms with Gasteiger partial charge < -0.3 is 20.4 Å². The van der Waals surface area contributed by atoms with E-state index in [4.69, 9.17) is 10.2 Å². The van der Waals surface area contributed by atoms with Gasteiger partial charge in [0.2, 0.25) is 5.91 Å². The summed E-state index contributed by atoms with van der Waals surface area (Å²) in [6.07, 6.45) is -0.403. The van der Waals surface area contributed by atoms with E-state index in [1.165, 1.54) is 66.9 Å². The largest absolute Gasteiger partial charge is 0.459 e. The Hall–Kier alpha value is -5.00. The molecule has 1 aliphatic rings. The molecule has 0 radical (unpaired) electrons. The molecule has 2 aromatic heterocycles. The third-order valence-corrected chi connectivity index (χ3v) is 6.52. The van der Waals surface area contributed by atoms with Crippen molar-refractivity contribution in [2.75, 3.05) is 18.8 Å². The lowest BCUT2D eigenvalue weighted by molar-refractivity contribution is -0.137. The topological polar surface area (TPSA) is 101 Å². The molecule has 0 aliphatic carbocycles. The van der Waals surface area contributed by atoms with Crippen LogP contribution in [0.1, 0.15) is 27.2 Å². The smallest absolute Gasteiger partial charge is 0.417 e. The molecule has 1 saturated heterocycles. The maximum Gasteiger partial charge on any atom is 0.417 e. The van der Waals surface area contributed by atoms with Crippen LogP contribution in [-0.4, -0.2) is 40.7 Å². The van der Waals surface area contributed by atoms with Crippen LogP contribution >= 0.6 is 0 Å². The first-order chi connectivity index (χ1) is 19.9. The SMILES string of the molecule is Nc1ccc(/C=C/C(=O)NCc2ccc(-c3ccc(-c4ccc(C(=O)N5CC(F)(F)C5)cc4)cc3C(F)(F)F)o2)cn1. The van der Waals surface area contributed by atoms with Crippen molar-refractivity contribution < 1.29 is 36.0 Å². The minimum Gasteiger partial charge on any atom is -0.459 e. The van der Waals surface area contributed by atoms with Crippen LogP contribution in [0, 0.1) is 0 Å². The van der Waals surface area contributed by atoms with Gasteiger partial charge in [-0.25, -0.2) is 13.8 Å². The maximum absolute atomic E-state index is 14.1. The van der Waals surface area contributed by atoms with Crippen LogP contribution in [0.2, 0.25) is 0 Å². The highest BCUT2D eigenvalue weighted by molar-refractivity contribution is 5.95. The van der Waals surface area contributed by atoms with E-state index in [1.807, 2.05) is 0 Å². The zero-order valence-electron chi connectivity index (χ0n) is 21.8. The van der Waals surface area contributed by atoms with E-state index in [9.17, 15) is 31.5 Å². The second kappa shape index (κ2) is 11.1. The van der Waals surface area contributed by atoms with E-state index < -0.39 is 42.6 Å². The van der Waals surface area contributed by atoms with Crippen molar-refractivity contribution in [1.29, 1.82) is 0 Å². The first-order valence-electron chi connectivity index (χ1n) is 12.6. The molecule has 0 saturated carbocycles. The zero-order chi connectivity index (χ0) is 30.1. The predicted molar refractivity (Wildman–Crippen MR) is 145 cm³/mol. The van der Waals surface area contributed by atoms with Gasteiger partial charge in [0.15, 0.2) is 0 Å². The zero-order valence-corrected chi connectivity index (χ0v) is 21.8. The first-order valence-corrected chi connectivity index (χ1v) is 12.6. The Balaban J connectivity index is 1.28. The van der Waals surface area contributed by atoms with Crippen molar-refractivity contribution in [3.63, 3.8) is 0 Å². The van der Waals surface area contributed by atoms with Crippen LogP contribution in [0.15, 0.2) is 83.4 Å². The van der Waals surface area contributed by atoms with Crippen molar-refractivity contribution in [3.05, 3.63) is 101 Å². The number of carbonyl (C=O) groups is 2. The number of hydrogen-bond donors (Lipinski definition) is 2. The fourth-order valence-corrected chi connectivity index (χ4v) is 4.35. The number of benzene rings is 2. The Morgan fingerprint density at radius 2 is 1.71 bits per heavy atom. The summed E-state index contributed by atoms with van der Waals surface area (Å²) in [5.41, 5.74) is 5.86.